The lowest BCUT2D eigenvalue weighted by Gasteiger charge is -2.33. The summed E-state index contributed by atoms with van der Waals surface area (Å²) in [6.45, 7) is 4.47. The SMILES string of the molecule is CC(C)C(O)(Cn1ccnc1)c1cccc(Oc2ccccc2)c1. The summed E-state index contributed by atoms with van der Waals surface area (Å²) in [5.74, 6) is 1.52. The number of aliphatic hydroxyl groups is 1. The predicted octanol–water partition coefficient (Wildman–Crippen LogP) is 4.22. The minimum Gasteiger partial charge on any atom is -0.457 e. The molecule has 3 rings (SSSR count). The zero-order valence-corrected chi connectivity index (χ0v) is 14.0. The Hall–Kier alpha value is -2.59. The molecule has 0 spiro atoms. The molecule has 0 aliphatic heterocycles. The second-order valence-corrected chi connectivity index (χ2v) is 6.26. The number of rotatable bonds is 6. The van der Waals surface area contributed by atoms with E-state index in [2.05, 4.69) is 4.98 Å². The highest BCUT2D eigenvalue weighted by Gasteiger charge is 2.34. The van der Waals surface area contributed by atoms with E-state index in [1.54, 1.807) is 12.5 Å². The van der Waals surface area contributed by atoms with Crippen LogP contribution in [-0.4, -0.2) is 14.7 Å². The van der Waals surface area contributed by atoms with Gasteiger partial charge in [0.1, 0.15) is 17.1 Å². The molecule has 4 nitrogen and oxygen atoms in total. The van der Waals surface area contributed by atoms with Gasteiger partial charge in [-0.25, -0.2) is 4.98 Å². The molecule has 3 aromatic rings. The van der Waals surface area contributed by atoms with E-state index in [0.29, 0.717) is 12.3 Å². The Balaban J connectivity index is 1.89. The standard InChI is InChI=1S/C20H22N2O2/c1-16(2)20(23,14-22-12-11-21-15-22)17-7-6-10-19(13-17)24-18-8-4-3-5-9-18/h3-13,15-16,23H,14H2,1-2H3. The van der Waals surface area contributed by atoms with Gasteiger partial charge in [0, 0.05) is 12.4 Å². The molecule has 0 saturated heterocycles. The van der Waals surface area contributed by atoms with Crippen LogP contribution in [-0.2, 0) is 12.1 Å². The molecule has 0 bridgehead atoms. The van der Waals surface area contributed by atoms with E-state index in [1.807, 2.05) is 79.2 Å². The van der Waals surface area contributed by atoms with E-state index in [1.165, 1.54) is 0 Å². The van der Waals surface area contributed by atoms with Gasteiger partial charge in [-0.1, -0.05) is 44.2 Å². The highest BCUT2D eigenvalue weighted by Crippen LogP contribution is 2.34. The van der Waals surface area contributed by atoms with Crippen LogP contribution in [0, 0.1) is 5.92 Å². The van der Waals surface area contributed by atoms with Gasteiger partial charge in [-0.15, -0.1) is 0 Å². The van der Waals surface area contributed by atoms with Gasteiger partial charge in [-0.05, 0) is 35.7 Å². The van der Waals surface area contributed by atoms with E-state index >= 15 is 0 Å². The molecular weight excluding hydrogens is 300 g/mol. The maximum atomic E-state index is 11.3. The van der Waals surface area contributed by atoms with Gasteiger partial charge in [0.25, 0.3) is 0 Å². The first kappa shape index (κ1) is 16.3. The lowest BCUT2D eigenvalue weighted by molar-refractivity contribution is -0.0267. The van der Waals surface area contributed by atoms with Crippen LogP contribution in [0.1, 0.15) is 19.4 Å². The fourth-order valence-corrected chi connectivity index (χ4v) is 2.72. The molecule has 124 valence electrons. The zero-order valence-electron chi connectivity index (χ0n) is 14.0. The zero-order chi connectivity index (χ0) is 17.0. The Bertz CT molecular complexity index is 769. The molecule has 0 fully saturated rings. The third kappa shape index (κ3) is 3.49. The third-order valence-electron chi connectivity index (χ3n) is 4.25. The Morgan fingerprint density at radius 2 is 1.83 bits per heavy atom. The van der Waals surface area contributed by atoms with Crippen LogP contribution >= 0.6 is 0 Å². The first-order valence-corrected chi connectivity index (χ1v) is 8.09. The minimum atomic E-state index is -1.00. The molecule has 0 aliphatic carbocycles. The van der Waals surface area contributed by atoms with Crippen molar-refractivity contribution in [2.45, 2.75) is 26.0 Å². The number of hydrogen-bond donors (Lipinski definition) is 1. The largest absolute Gasteiger partial charge is 0.457 e. The topological polar surface area (TPSA) is 47.3 Å². The smallest absolute Gasteiger partial charge is 0.127 e. The van der Waals surface area contributed by atoms with Crippen LogP contribution in [0.25, 0.3) is 0 Å². The summed E-state index contributed by atoms with van der Waals surface area (Å²) in [5, 5.41) is 11.3. The molecule has 24 heavy (non-hydrogen) atoms. The van der Waals surface area contributed by atoms with Gasteiger partial charge in [0.2, 0.25) is 0 Å². The maximum Gasteiger partial charge on any atom is 0.127 e. The fourth-order valence-electron chi connectivity index (χ4n) is 2.72. The molecule has 1 N–H and O–H groups in total. The minimum absolute atomic E-state index is 0.0341. The first-order chi connectivity index (χ1) is 11.6. The predicted molar refractivity (Wildman–Crippen MR) is 93.9 cm³/mol. The third-order valence-corrected chi connectivity index (χ3v) is 4.25. The van der Waals surface area contributed by atoms with Crippen molar-refractivity contribution in [3.05, 3.63) is 78.9 Å². The summed E-state index contributed by atoms with van der Waals surface area (Å²) in [4.78, 5) is 4.06. The van der Waals surface area contributed by atoms with Crippen molar-refractivity contribution >= 4 is 0 Å². The molecule has 0 radical (unpaired) electrons. The van der Waals surface area contributed by atoms with Crippen LogP contribution in [0.5, 0.6) is 11.5 Å². The summed E-state index contributed by atoms with van der Waals surface area (Å²) in [6.07, 6.45) is 5.30. The van der Waals surface area contributed by atoms with E-state index in [0.717, 1.165) is 11.3 Å². The summed E-state index contributed by atoms with van der Waals surface area (Å²) in [6, 6.07) is 17.3. The van der Waals surface area contributed by atoms with Gasteiger partial charge < -0.3 is 14.4 Å². The molecule has 0 amide bonds. The van der Waals surface area contributed by atoms with Crippen LogP contribution in [0.3, 0.4) is 0 Å². The maximum absolute atomic E-state index is 11.3. The number of hydrogen-bond acceptors (Lipinski definition) is 3. The van der Waals surface area contributed by atoms with Crippen molar-refractivity contribution in [3.8, 4) is 11.5 Å². The number of ether oxygens (including phenoxy) is 1. The molecule has 1 unspecified atom stereocenters. The average Bonchev–Trinajstić information content (AvgIpc) is 3.08. The summed E-state index contributed by atoms with van der Waals surface area (Å²) >= 11 is 0. The molecule has 1 aromatic heterocycles. The van der Waals surface area contributed by atoms with Gasteiger partial charge in [-0.2, -0.15) is 0 Å². The number of para-hydroxylation sites is 1. The van der Waals surface area contributed by atoms with Crippen molar-refractivity contribution in [3.63, 3.8) is 0 Å². The van der Waals surface area contributed by atoms with Gasteiger partial charge in [-0.3, -0.25) is 0 Å². The monoisotopic (exact) mass is 322 g/mol. The van der Waals surface area contributed by atoms with Gasteiger partial charge in [0.05, 0.1) is 12.9 Å². The van der Waals surface area contributed by atoms with Crippen molar-refractivity contribution < 1.29 is 9.84 Å². The average molecular weight is 322 g/mol. The second kappa shape index (κ2) is 6.89. The molecule has 1 heterocycles. The normalized spacial score (nSPS) is 13.7. The summed E-state index contributed by atoms with van der Waals surface area (Å²) in [5.41, 5.74) is -0.170. The van der Waals surface area contributed by atoms with Gasteiger partial charge >= 0.3 is 0 Å². The number of nitrogens with zero attached hydrogens (tertiary/aromatic N) is 2. The second-order valence-electron chi connectivity index (χ2n) is 6.26. The Morgan fingerprint density at radius 1 is 1.08 bits per heavy atom. The van der Waals surface area contributed by atoms with Crippen molar-refractivity contribution in [2.24, 2.45) is 5.92 Å². The highest BCUT2D eigenvalue weighted by molar-refractivity contribution is 5.36. The van der Waals surface area contributed by atoms with E-state index < -0.39 is 5.60 Å². The lowest BCUT2D eigenvalue weighted by Crippen LogP contribution is -2.36. The van der Waals surface area contributed by atoms with Crippen molar-refractivity contribution in [2.75, 3.05) is 0 Å². The lowest BCUT2D eigenvalue weighted by atomic mass is 9.83. The summed E-state index contributed by atoms with van der Waals surface area (Å²) < 4.78 is 7.79. The number of benzene rings is 2. The Kier molecular flexibility index (Phi) is 4.67. The quantitative estimate of drug-likeness (QED) is 0.739. The van der Waals surface area contributed by atoms with Crippen LogP contribution < -0.4 is 4.74 Å². The van der Waals surface area contributed by atoms with Crippen molar-refractivity contribution in [1.29, 1.82) is 0 Å². The van der Waals surface area contributed by atoms with E-state index in [-0.39, 0.29) is 5.92 Å². The molecule has 0 aliphatic rings. The Labute approximate surface area is 142 Å². The molecular formula is C20H22N2O2. The van der Waals surface area contributed by atoms with E-state index in [4.69, 9.17) is 4.74 Å². The van der Waals surface area contributed by atoms with Crippen molar-refractivity contribution in [1.82, 2.24) is 9.55 Å². The number of aromatic nitrogens is 2. The molecule has 2 aromatic carbocycles. The Morgan fingerprint density at radius 3 is 2.50 bits per heavy atom. The van der Waals surface area contributed by atoms with Crippen LogP contribution in [0.4, 0.5) is 0 Å². The summed E-state index contributed by atoms with van der Waals surface area (Å²) in [7, 11) is 0. The molecule has 0 saturated carbocycles. The molecule has 4 heteroatoms. The fraction of sp³-hybridized carbons (Fsp3) is 0.250. The molecule has 1 atom stereocenters. The van der Waals surface area contributed by atoms with E-state index in [9.17, 15) is 5.11 Å². The first-order valence-electron chi connectivity index (χ1n) is 8.09. The van der Waals surface area contributed by atoms with Crippen LogP contribution in [0.2, 0.25) is 0 Å². The highest BCUT2D eigenvalue weighted by atomic mass is 16.5. The number of imidazole rings is 1. The van der Waals surface area contributed by atoms with Crippen LogP contribution in [0.15, 0.2) is 73.3 Å². The van der Waals surface area contributed by atoms with Gasteiger partial charge in [0.15, 0.2) is 0 Å².